The minimum atomic E-state index is -0.823. The van der Waals surface area contributed by atoms with Crippen LogP contribution >= 0.6 is 11.3 Å². The van der Waals surface area contributed by atoms with Gasteiger partial charge in [0.1, 0.15) is 17.1 Å². The molecule has 164 valence electrons. The van der Waals surface area contributed by atoms with Gasteiger partial charge in [0.25, 0.3) is 11.5 Å². The molecule has 3 N–H and O–H groups in total. The first-order chi connectivity index (χ1) is 15.4. The third-order valence-corrected chi connectivity index (χ3v) is 6.65. The van der Waals surface area contributed by atoms with Gasteiger partial charge in [-0.05, 0) is 29.7 Å². The second-order valence-electron chi connectivity index (χ2n) is 7.57. The molecule has 0 bridgehead atoms. The predicted octanol–water partition coefficient (Wildman–Crippen LogP) is 1.51. The summed E-state index contributed by atoms with van der Waals surface area (Å²) in [5, 5.41) is 14.8. The Morgan fingerprint density at radius 1 is 1.41 bits per heavy atom. The van der Waals surface area contributed by atoms with Gasteiger partial charge in [0.05, 0.1) is 29.3 Å². The highest BCUT2D eigenvalue weighted by Gasteiger charge is 2.20. The molecule has 4 heterocycles. The van der Waals surface area contributed by atoms with Gasteiger partial charge in [0.15, 0.2) is 5.82 Å². The number of rotatable bonds is 6. The van der Waals surface area contributed by atoms with Crippen LogP contribution in [0, 0.1) is 6.92 Å². The van der Waals surface area contributed by atoms with Crippen molar-refractivity contribution in [3.8, 4) is 5.75 Å². The molecule has 0 unspecified atom stereocenters. The van der Waals surface area contributed by atoms with E-state index in [1.54, 1.807) is 6.92 Å². The SMILES string of the molecule is Cc1c(C(N)=O)sc2ncn(Cc3nc(C[C@H](O)c4ccc5c(c4)OCC5)no3)c(=O)c12. The van der Waals surface area contributed by atoms with Gasteiger partial charge in [-0.1, -0.05) is 17.3 Å². The van der Waals surface area contributed by atoms with Crippen molar-refractivity contribution in [1.29, 1.82) is 0 Å². The van der Waals surface area contributed by atoms with Crippen molar-refractivity contribution < 1.29 is 19.2 Å². The van der Waals surface area contributed by atoms with Crippen LogP contribution in [-0.4, -0.2) is 37.3 Å². The minimum absolute atomic E-state index is 0.0126. The summed E-state index contributed by atoms with van der Waals surface area (Å²) in [7, 11) is 0. The third kappa shape index (κ3) is 3.55. The molecule has 3 aromatic heterocycles. The van der Waals surface area contributed by atoms with Crippen molar-refractivity contribution in [2.45, 2.75) is 32.4 Å². The van der Waals surface area contributed by atoms with Crippen LogP contribution in [0.4, 0.5) is 0 Å². The molecule has 4 aromatic rings. The van der Waals surface area contributed by atoms with Crippen molar-refractivity contribution in [3.05, 3.63) is 68.2 Å². The Morgan fingerprint density at radius 3 is 3.06 bits per heavy atom. The van der Waals surface area contributed by atoms with E-state index >= 15 is 0 Å². The Kier molecular flexibility index (Phi) is 4.98. The number of thiophene rings is 1. The van der Waals surface area contributed by atoms with E-state index in [-0.39, 0.29) is 24.4 Å². The summed E-state index contributed by atoms with van der Waals surface area (Å²) in [6, 6.07) is 5.65. The molecule has 1 aromatic carbocycles. The number of nitrogens with two attached hydrogens (primary N) is 1. The number of nitrogens with zero attached hydrogens (tertiary/aromatic N) is 4. The van der Waals surface area contributed by atoms with E-state index in [0.717, 1.165) is 29.1 Å². The van der Waals surface area contributed by atoms with Crippen molar-refractivity contribution >= 4 is 27.5 Å². The first-order valence-electron chi connectivity index (χ1n) is 9.94. The molecule has 10 nitrogen and oxygen atoms in total. The van der Waals surface area contributed by atoms with Gasteiger partial charge in [-0.2, -0.15) is 4.98 Å². The smallest absolute Gasteiger partial charge is 0.262 e. The first kappa shape index (κ1) is 20.3. The van der Waals surface area contributed by atoms with E-state index in [1.807, 2.05) is 18.2 Å². The van der Waals surface area contributed by atoms with Crippen molar-refractivity contribution in [2.75, 3.05) is 6.61 Å². The maximum absolute atomic E-state index is 12.9. The molecule has 0 saturated heterocycles. The quantitative estimate of drug-likeness (QED) is 0.447. The highest BCUT2D eigenvalue weighted by atomic mass is 32.1. The van der Waals surface area contributed by atoms with Gasteiger partial charge in [-0.15, -0.1) is 11.3 Å². The summed E-state index contributed by atoms with van der Waals surface area (Å²) < 4.78 is 12.1. The Balaban J connectivity index is 1.34. The molecule has 0 saturated carbocycles. The van der Waals surface area contributed by atoms with Crippen LogP contribution in [0.15, 0.2) is 33.8 Å². The summed E-state index contributed by atoms with van der Waals surface area (Å²) in [4.78, 5) is 33.8. The summed E-state index contributed by atoms with van der Waals surface area (Å²) in [6.45, 7) is 2.33. The lowest BCUT2D eigenvalue weighted by Gasteiger charge is -2.10. The fourth-order valence-corrected chi connectivity index (χ4v) is 4.76. The second kappa shape index (κ2) is 7.84. The molecular formula is C21H19N5O5S. The Hall–Kier alpha value is -3.57. The number of hydrogen-bond donors (Lipinski definition) is 2. The molecule has 5 rings (SSSR count). The highest BCUT2D eigenvalue weighted by Crippen LogP contribution is 2.29. The molecule has 11 heteroatoms. The Labute approximate surface area is 185 Å². The van der Waals surface area contributed by atoms with Gasteiger partial charge < -0.3 is 20.1 Å². The maximum Gasteiger partial charge on any atom is 0.262 e. The average molecular weight is 453 g/mol. The zero-order valence-electron chi connectivity index (χ0n) is 17.1. The number of aliphatic hydroxyl groups excluding tert-OH is 1. The van der Waals surface area contributed by atoms with Gasteiger partial charge in [-0.3, -0.25) is 14.2 Å². The van der Waals surface area contributed by atoms with Gasteiger partial charge in [0, 0.05) is 12.8 Å². The fourth-order valence-electron chi connectivity index (χ4n) is 3.77. The average Bonchev–Trinajstić information content (AvgIpc) is 3.48. The molecule has 1 amide bonds. The number of fused-ring (bicyclic) bond motifs is 2. The molecule has 0 fully saturated rings. The Bertz CT molecular complexity index is 1410. The van der Waals surface area contributed by atoms with Gasteiger partial charge in [0.2, 0.25) is 5.89 Å². The number of carbonyl (C=O) groups excluding carboxylic acids is 1. The topological polar surface area (TPSA) is 146 Å². The van der Waals surface area contributed by atoms with Crippen LogP contribution < -0.4 is 16.0 Å². The summed E-state index contributed by atoms with van der Waals surface area (Å²) in [5.41, 5.74) is 7.40. The van der Waals surface area contributed by atoms with Crippen molar-refractivity contribution in [1.82, 2.24) is 19.7 Å². The normalized spacial score (nSPS) is 13.8. The van der Waals surface area contributed by atoms with Crippen LogP contribution in [0.1, 0.15) is 44.2 Å². The number of carbonyl (C=O) groups is 1. The number of primary amides is 1. The van der Waals surface area contributed by atoms with E-state index in [1.165, 1.54) is 10.9 Å². The maximum atomic E-state index is 12.9. The number of aliphatic hydroxyl groups is 1. The zero-order valence-corrected chi connectivity index (χ0v) is 17.9. The molecule has 0 spiro atoms. The second-order valence-corrected chi connectivity index (χ2v) is 8.57. The number of amides is 1. The first-order valence-corrected chi connectivity index (χ1v) is 10.8. The molecule has 1 aliphatic rings. The molecule has 1 atom stereocenters. The lowest BCUT2D eigenvalue weighted by Crippen LogP contribution is -2.21. The summed E-state index contributed by atoms with van der Waals surface area (Å²) >= 11 is 1.09. The van der Waals surface area contributed by atoms with E-state index < -0.39 is 12.0 Å². The molecule has 0 aliphatic carbocycles. The van der Waals surface area contributed by atoms with Crippen molar-refractivity contribution in [3.63, 3.8) is 0 Å². The van der Waals surface area contributed by atoms with Crippen LogP contribution in [0.2, 0.25) is 0 Å². The van der Waals surface area contributed by atoms with Gasteiger partial charge in [-0.25, -0.2) is 4.98 Å². The van der Waals surface area contributed by atoms with Gasteiger partial charge >= 0.3 is 0 Å². The molecule has 1 aliphatic heterocycles. The predicted molar refractivity (Wildman–Crippen MR) is 115 cm³/mol. The summed E-state index contributed by atoms with van der Waals surface area (Å²) in [6.07, 6.45) is 1.57. The zero-order chi connectivity index (χ0) is 22.4. The minimum Gasteiger partial charge on any atom is -0.493 e. The van der Waals surface area contributed by atoms with Crippen LogP contribution in [0.5, 0.6) is 5.75 Å². The molecular weight excluding hydrogens is 434 g/mol. The van der Waals surface area contributed by atoms with E-state index in [2.05, 4.69) is 15.1 Å². The van der Waals surface area contributed by atoms with E-state index in [9.17, 15) is 14.7 Å². The fraction of sp³-hybridized carbons (Fsp3) is 0.286. The van der Waals surface area contributed by atoms with E-state index in [4.69, 9.17) is 15.0 Å². The number of benzene rings is 1. The number of ether oxygens (including phenoxy) is 1. The monoisotopic (exact) mass is 453 g/mol. The lowest BCUT2D eigenvalue weighted by atomic mass is 10.0. The van der Waals surface area contributed by atoms with E-state index in [0.29, 0.717) is 38.7 Å². The van der Waals surface area contributed by atoms with Crippen LogP contribution in [0.3, 0.4) is 0 Å². The molecule has 0 radical (unpaired) electrons. The highest BCUT2D eigenvalue weighted by molar-refractivity contribution is 7.20. The number of hydrogen-bond acceptors (Lipinski definition) is 9. The van der Waals surface area contributed by atoms with Crippen LogP contribution in [0.25, 0.3) is 10.2 Å². The third-order valence-electron chi connectivity index (χ3n) is 5.44. The standard InChI is InChI=1S/C21H19N5O5S/c1-10-17-20(32-18(10)19(22)28)23-9-26(21(17)29)8-16-24-15(25-31-16)7-13(27)12-3-2-11-4-5-30-14(11)6-12/h2-3,6,9,13,27H,4-5,7-8H2,1H3,(H2,22,28)/t13-/m0/s1. The van der Waals surface area contributed by atoms with Crippen LogP contribution in [-0.2, 0) is 19.4 Å². The number of aryl methyl sites for hydroxylation is 1. The molecule has 32 heavy (non-hydrogen) atoms. The number of aromatic nitrogens is 4. The lowest BCUT2D eigenvalue weighted by molar-refractivity contribution is 0.100. The summed E-state index contributed by atoms with van der Waals surface area (Å²) in [5.74, 6) is 0.724. The Morgan fingerprint density at radius 2 is 2.25 bits per heavy atom. The largest absolute Gasteiger partial charge is 0.493 e. The van der Waals surface area contributed by atoms with Crippen molar-refractivity contribution in [2.24, 2.45) is 5.73 Å².